The van der Waals surface area contributed by atoms with Crippen molar-refractivity contribution in [3.8, 4) is 0 Å². The summed E-state index contributed by atoms with van der Waals surface area (Å²) in [6.07, 6.45) is 3.77. The highest BCUT2D eigenvalue weighted by Crippen LogP contribution is 2.12. The van der Waals surface area contributed by atoms with Crippen molar-refractivity contribution in [2.75, 3.05) is 6.54 Å². The molecule has 2 aromatic rings. The van der Waals surface area contributed by atoms with Gasteiger partial charge in [-0.15, -0.1) is 6.58 Å². The van der Waals surface area contributed by atoms with Crippen LogP contribution in [0.4, 0.5) is 0 Å². The molecule has 0 spiro atoms. The van der Waals surface area contributed by atoms with Gasteiger partial charge in [0, 0.05) is 24.7 Å². The molecule has 1 aromatic heterocycles. The van der Waals surface area contributed by atoms with E-state index >= 15 is 0 Å². The summed E-state index contributed by atoms with van der Waals surface area (Å²) in [5.74, 6) is 0. The first-order valence-corrected chi connectivity index (χ1v) is 5.05. The second-order valence-corrected chi connectivity index (χ2v) is 3.46. The second-order valence-electron chi connectivity index (χ2n) is 3.46. The number of aromatic nitrogens is 1. The van der Waals surface area contributed by atoms with Crippen LogP contribution >= 0.6 is 0 Å². The Morgan fingerprint density at radius 1 is 1.33 bits per heavy atom. The van der Waals surface area contributed by atoms with Crippen molar-refractivity contribution in [3.63, 3.8) is 0 Å². The molecule has 0 atom stereocenters. The van der Waals surface area contributed by atoms with E-state index < -0.39 is 0 Å². The van der Waals surface area contributed by atoms with E-state index in [0.29, 0.717) is 0 Å². The highest BCUT2D eigenvalue weighted by atomic mass is 14.8. The molecule has 15 heavy (non-hydrogen) atoms. The van der Waals surface area contributed by atoms with Crippen LogP contribution in [0.1, 0.15) is 5.56 Å². The molecule has 0 amide bonds. The van der Waals surface area contributed by atoms with Crippen molar-refractivity contribution in [1.82, 2.24) is 10.3 Å². The van der Waals surface area contributed by atoms with Gasteiger partial charge in [-0.05, 0) is 17.7 Å². The number of benzene rings is 1. The third kappa shape index (κ3) is 2.42. The predicted molar refractivity (Wildman–Crippen MR) is 63.6 cm³/mol. The van der Waals surface area contributed by atoms with Crippen molar-refractivity contribution < 1.29 is 0 Å². The maximum atomic E-state index is 4.39. The van der Waals surface area contributed by atoms with Crippen molar-refractivity contribution in [3.05, 3.63) is 54.7 Å². The van der Waals surface area contributed by atoms with Crippen LogP contribution in [-0.4, -0.2) is 11.5 Å². The van der Waals surface area contributed by atoms with Crippen LogP contribution in [0.2, 0.25) is 0 Å². The minimum atomic E-state index is 0.826. The fourth-order valence-corrected chi connectivity index (χ4v) is 1.53. The lowest BCUT2D eigenvalue weighted by molar-refractivity contribution is 0.759. The van der Waals surface area contributed by atoms with Gasteiger partial charge in [-0.2, -0.15) is 0 Å². The number of nitrogens with one attached hydrogen (secondary N) is 1. The standard InChI is InChI=1S/C13H14N2/c1-2-7-14-9-11-8-12-5-3-4-6-13(12)15-10-11/h2-6,8,10,14H,1,7,9H2. The van der Waals surface area contributed by atoms with Crippen LogP contribution in [-0.2, 0) is 6.54 Å². The fourth-order valence-electron chi connectivity index (χ4n) is 1.53. The number of rotatable bonds is 4. The zero-order valence-electron chi connectivity index (χ0n) is 8.61. The Labute approximate surface area is 89.7 Å². The van der Waals surface area contributed by atoms with Crippen molar-refractivity contribution >= 4 is 10.9 Å². The van der Waals surface area contributed by atoms with Gasteiger partial charge in [0.05, 0.1) is 5.52 Å². The molecular formula is C13H14N2. The average Bonchev–Trinajstić information content (AvgIpc) is 2.29. The molecule has 0 bridgehead atoms. The summed E-state index contributed by atoms with van der Waals surface area (Å²) in [4.78, 5) is 4.39. The molecule has 1 heterocycles. The van der Waals surface area contributed by atoms with Gasteiger partial charge in [-0.1, -0.05) is 24.3 Å². The van der Waals surface area contributed by atoms with E-state index in [1.165, 1.54) is 10.9 Å². The highest BCUT2D eigenvalue weighted by molar-refractivity contribution is 5.78. The summed E-state index contributed by atoms with van der Waals surface area (Å²) in [5.41, 5.74) is 2.25. The second kappa shape index (κ2) is 4.71. The van der Waals surface area contributed by atoms with Crippen LogP contribution in [0.25, 0.3) is 10.9 Å². The fraction of sp³-hybridized carbons (Fsp3) is 0.154. The van der Waals surface area contributed by atoms with Gasteiger partial charge in [-0.25, -0.2) is 0 Å². The molecule has 0 aliphatic heterocycles. The SMILES string of the molecule is C=CCNCc1cnc2ccccc2c1. The summed E-state index contributed by atoms with van der Waals surface area (Å²) in [6, 6.07) is 10.3. The maximum Gasteiger partial charge on any atom is 0.0702 e. The largest absolute Gasteiger partial charge is 0.309 e. The van der Waals surface area contributed by atoms with Gasteiger partial charge in [0.2, 0.25) is 0 Å². The van der Waals surface area contributed by atoms with Gasteiger partial charge >= 0.3 is 0 Å². The molecule has 2 rings (SSSR count). The van der Waals surface area contributed by atoms with Gasteiger partial charge in [0.1, 0.15) is 0 Å². The number of para-hydroxylation sites is 1. The topological polar surface area (TPSA) is 24.9 Å². The van der Waals surface area contributed by atoms with Crippen LogP contribution < -0.4 is 5.32 Å². The molecule has 0 unspecified atom stereocenters. The minimum Gasteiger partial charge on any atom is -0.309 e. The highest BCUT2D eigenvalue weighted by Gasteiger charge is 1.96. The molecule has 1 aromatic carbocycles. The normalized spacial score (nSPS) is 10.4. The molecule has 0 aliphatic rings. The summed E-state index contributed by atoms with van der Waals surface area (Å²) >= 11 is 0. The molecule has 1 N–H and O–H groups in total. The van der Waals surface area contributed by atoms with Crippen molar-refractivity contribution in [2.45, 2.75) is 6.54 Å². The Kier molecular flexibility index (Phi) is 3.10. The maximum absolute atomic E-state index is 4.39. The van der Waals surface area contributed by atoms with Gasteiger partial charge in [0.25, 0.3) is 0 Å². The van der Waals surface area contributed by atoms with E-state index in [1.54, 1.807) is 0 Å². The van der Waals surface area contributed by atoms with Crippen LogP contribution in [0.5, 0.6) is 0 Å². The zero-order chi connectivity index (χ0) is 10.5. The van der Waals surface area contributed by atoms with Crippen LogP contribution in [0.15, 0.2) is 49.2 Å². The van der Waals surface area contributed by atoms with Crippen LogP contribution in [0, 0.1) is 0 Å². The number of hydrogen-bond acceptors (Lipinski definition) is 2. The molecule has 0 saturated carbocycles. The minimum absolute atomic E-state index is 0.826. The van der Waals surface area contributed by atoms with E-state index in [1.807, 2.05) is 30.5 Å². The Bertz CT molecular complexity index is 463. The molecular weight excluding hydrogens is 184 g/mol. The summed E-state index contributed by atoms with van der Waals surface area (Å²) in [5, 5.41) is 4.45. The van der Waals surface area contributed by atoms with E-state index in [-0.39, 0.29) is 0 Å². The zero-order valence-corrected chi connectivity index (χ0v) is 8.61. The molecule has 76 valence electrons. The summed E-state index contributed by atoms with van der Waals surface area (Å²) < 4.78 is 0. The van der Waals surface area contributed by atoms with Crippen molar-refractivity contribution in [2.24, 2.45) is 0 Å². The lowest BCUT2D eigenvalue weighted by atomic mass is 10.1. The van der Waals surface area contributed by atoms with Gasteiger partial charge in [0.15, 0.2) is 0 Å². The lowest BCUT2D eigenvalue weighted by Crippen LogP contribution is -2.12. The summed E-state index contributed by atoms with van der Waals surface area (Å²) in [7, 11) is 0. The summed E-state index contributed by atoms with van der Waals surface area (Å²) in [6.45, 7) is 5.33. The molecule has 0 aliphatic carbocycles. The Hall–Kier alpha value is -1.67. The molecule has 2 nitrogen and oxygen atoms in total. The van der Waals surface area contributed by atoms with Crippen molar-refractivity contribution in [1.29, 1.82) is 0 Å². The van der Waals surface area contributed by atoms with E-state index in [9.17, 15) is 0 Å². The predicted octanol–water partition coefficient (Wildman–Crippen LogP) is 2.51. The molecule has 2 heteroatoms. The molecule has 0 fully saturated rings. The van der Waals surface area contributed by atoms with Gasteiger partial charge < -0.3 is 5.32 Å². The quantitative estimate of drug-likeness (QED) is 0.603. The number of hydrogen-bond donors (Lipinski definition) is 1. The van der Waals surface area contributed by atoms with Gasteiger partial charge in [-0.3, -0.25) is 4.98 Å². The Morgan fingerprint density at radius 3 is 3.07 bits per heavy atom. The number of fused-ring (bicyclic) bond motifs is 1. The van der Waals surface area contributed by atoms with E-state index in [2.05, 4.69) is 29.0 Å². The molecule has 0 radical (unpaired) electrons. The first-order chi connectivity index (χ1) is 7.40. The third-order valence-corrected chi connectivity index (χ3v) is 2.26. The van der Waals surface area contributed by atoms with Crippen LogP contribution in [0.3, 0.4) is 0 Å². The third-order valence-electron chi connectivity index (χ3n) is 2.26. The number of pyridine rings is 1. The monoisotopic (exact) mass is 198 g/mol. The number of nitrogens with zero attached hydrogens (tertiary/aromatic N) is 1. The molecule has 0 saturated heterocycles. The average molecular weight is 198 g/mol. The van der Waals surface area contributed by atoms with E-state index in [4.69, 9.17) is 0 Å². The Morgan fingerprint density at radius 2 is 2.20 bits per heavy atom. The lowest BCUT2D eigenvalue weighted by Gasteiger charge is -2.03. The van der Waals surface area contributed by atoms with E-state index in [0.717, 1.165) is 18.6 Å². The Balaban J connectivity index is 2.19. The first-order valence-electron chi connectivity index (χ1n) is 5.05. The first kappa shape index (κ1) is 9.87. The smallest absolute Gasteiger partial charge is 0.0702 e.